The summed E-state index contributed by atoms with van der Waals surface area (Å²) in [6, 6.07) is 6.48. The largest absolute Gasteiger partial charge is 0.311 e. The van der Waals surface area contributed by atoms with E-state index in [1.165, 1.54) is 6.07 Å². The van der Waals surface area contributed by atoms with E-state index in [2.05, 4.69) is 25.4 Å². The van der Waals surface area contributed by atoms with Crippen LogP contribution in [0.5, 0.6) is 0 Å². The monoisotopic (exact) mass is 252 g/mol. The van der Waals surface area contributed by atoms with E-state index in [0.29, 0.717) is 6.54 Å². The summed E-state index contributed by atoms with van der Waals surface area (Å²) in [4.78, 5) is 0. The first kappa shape index (κ1) is 14.0. The molecule has 0 bridgehead atoms. The third kappa shape index (κ3) is 4.37. The molecule has 0 amide bonds. The molecule has 0 radical (unpaired) electrons. The first-order valence-corrected chi connectivity index (χ1v) is 6.65. The van der Waals surface area contributed by atoms with Gasteiger partial charge in [0.05, 0.1) is 5.56 Å². The minimum Gasteiger partial charge on any atom is -0.311 e. The highest BCUT2D eigenvalue weighted by atomic mass is 32.2. The van der Waals surface area contributed by atoms with Crippen molar-refractivity contribution in [3.05, 3.63) is 35.1 Å². The van der Waals surface area contributed by atoms with Crippen molar-refractivity contribution in [2.75, 3.05) is 12.8 Å². The van der Waals surface area contributed by atoms with Gasteiger partial charge in [-0.15, -0.1) is 0 Å². The standard InChI is InChI=1S/C13H17FN2S/c1-13(2,17-3)9-16-8-10-4-5-12(14)11(6-10)7-15/h4-6,16H,8-9H2,1-3H3. The van der Waals surface area contributed by atoms with Gasteiger partial charge in [0.15, 0.2) is 0 Å². The second kappa shape index (κ2) is 6.04. The van der Waals surface area contributed by atoms with Gasteiger partial charge in [0.25, 0.3) is 0 Å². The van der Waals surface area contributed by atoms with Crippen LogP contribution in [-0.4, -0.2) is 17.5 Å². The Bertz CT molecular complexity index is 424. The van der Waals surface area contributed by atoms with Crippen LogP contribution >= 0.6 is 11.8 Å². The van der Waals surface area contributed by atoms with Crippen LogP contribution in [0.4, 0.5) is 4.39 Å². The maximum absolute atomic E-state index is 13.1. The fraction of sp³-hybridized carbons (Fsp3) is 0.462. The maximum Gasteiger partial charge on any atom is 0.140 e. The van der Waals surface area contributed by atoms with Crippen LogP contribution in [0.1, 0.15) is 25.0 Å². The lowest BCUT2D eigenvalue weighted by atomic mass is 10.1. The van der Waals surface area contributed by atoms with E-state index in [4.69, 9.17) is 5.26 Å². The molecule has 0 aliphatic rings. The van der Waals surface area contributed by atoms with Gasteiger partial charge < -0.3 is 5.32 Å². The molecule has 0 spiro atoms. The molecule has 0 fully saturated rings. The number of nitrogens with zero attached hydrogens (tertiary/aromatic N) is 1. The average molecular weight is 252 g/mol. The topological polar surface area (TPSA) is 35.8 Å². The molecule has 0 saturated heterocycles. The van der Waals surface area contributed by atoms with Crippen molar-refractivity contribution < 1.29 is 4.39 Å². The summed E-state index contributed by atoms with van der Waals surface area (Å²) in [5, 5.41) is 12.0. The van der Waals surface area contributed by atoms with E-state index < -0.39 is 5.82 Å². The molecule has 0 heterocycles. The van der Waals surface area contributed by atoms with Crippen molar-refractivity contribution in [2.45, 2.75) is 25.1 Å². The van der Waals surface area contributed by atoms with Gasteiger partial charge in [0, 0.05) is 17.8 Å². The Morgan fingerprint density at radius 2 is 2.18 bits per heavy atom. The molecule has 0 atom stereocenters. The van der Waals surface area contributed by atoms with Gasteiger partial charge in [-0.1, -0.05) is 6.07 Å². The average Bonchev–Trinajstić information content (AvgIpc) is 2.31. The summed E-state index contributed by atoms with van der Waals surface area (Å²) < 4.78 is 13.3. The Morgan fingerprint density at radius 1 is 1.47 bits per heavy atom. The van der Waals surface area contributed by atoms with E-state index in [9.17, 15) is 4.39 Å². The fourth-order valence-electron chi connectivity index (χ4n) is 1.35. The molecule has 1 aromatic carbocycles. The normalized spacial score (nSPS) is 11.2. The summed E-state index contributed by atoms with van der Waals surface area (Å²) in [6.07, 6.45) is 2.08. The van der Waals surface area contributed by atoms with Gasteiger partial charge in [-0.2, -0.15) is 17.0 Å². The van der Waals surface area contributed by atoms with Crippen LogP contribution in [0.15, 0.2) is 18.2 Å². The first-order chi connectivity index (χ1) is 7.98. The second-order valence-corrected chi connectivity index (χ2v) is 6.01. The lowest BCUT2D eigenvalue weighted by molar-refractivity contribution is 0.588. The molecule has 0 aliphatic heterocycles. The fourth-order valence-corrected chi connectivity index (χ4v) is 1.59. The van der Waals surface area contributed by atoms with Gasteiger partial charge in [0.2, 0.25) is 0 Å². The van der Waals surface area contributed by atoms with Crippen molar-refractivity contribution in [3.8, 4) is 6.07 Å². The number of thioether (sulfide) groups is 1. The van der Waals surface area contributed by atoms with Crippen molar-refractivity contribution in [3.63, 3.8) is 0 Å². The van der Waals surface area contributed by atoms with E-state index in [1.54, 1.807) is 23.9 Å². The summed E-state index contributed by atoms with van der Waals surface area (Å²) in [6.45, 7) is 5.85. The van der Waals surface area contributed by atoms with Crippen LogP contribution in [-0.2, 0) is 6.54 Å². The van der Waals surface area contributed by atoms with E-state index in [0.717, 1.165) is 12.1 Å². The minimum atomic E-state index is -0.458. The Morgan fingerprint density at radius 3 is 2.76 bits per heavy atom. The van der Waals surface area contributed by atoms with E-state index in [-0.39, 0.29) is 10.3 Å². The van der Waals surface area contributed by atoms with Gasteiger partial charge >= 0.3 is 0 Å². The molecule has 0 aliphatic carbocycles. The number of nitrogens with one attached hydrogen (secondary N) is 1. The summed E-state index contributed by atoms with van der Waals surface area (Å²) in [5.74, 6) is -0.458. The first-order valence-electron chi connectivity index (χ1n) is 5.43. The second-order valence-electron chi connectivity index (χ2n) is 4.49. The third-order valence-electron chi connectivity index (χ3n) is 2.58. The van der Waals surface area contributed by atoms with Crippen molar-refractivity contribution >= 4 is 11.8 Å². The molecule has 0 saturated carbocycles. The molecular formula is C13H17FN2S. The zero-order chi connectivity index (χ0) is 12.9. The highest BCUT2D eigenvalue weighted by Gasteiger charge is 2.14. The Labute approximate surface area is 106 Å². The van der Waals surface area contributed by atoms with Gasteiger partial charge in [0.1, 0.15) is 11.9 Å². The number of hydrogen-bond acceptors (Lipinski definition) is 3. The lowest BCUT2D eigenvalue weighted by Gasteiger charge is -2.22. The summed E-state index contributed by atoms with van der Waals surface area (Å²) in [5.41, 5.74) is 1.04. The zero-order valence-corrected chi connectivity index (χ0v) is 11.2. The van der Waals surface area contributed by atoms with Gasteiger partial charge in [-0.05, 0) is 37.8 Å². The SMILES string of the molecule is CSC(C)(C)CNCc1ccc(F)c(C#N)c1. The molecule has 17 heavy (non-hydrogen) atoms. The molecule has 0 unspecified atom stereocenters. The Kier molecular flexibility index (Phi) is 4.98. The molecule has 1 aromatic rings. The summed E-state index contributed by atoms with van der Waals surface area (Å²) in [7, 11) is 0. The molecular weight excluding hydrogens is 235 g/mol. The number of hydrogen-bond donors (Lipinski definition) is 1. The number of benzene rings is 1. The predicted octanol–water partition coefficient (Wildman–Crippen LogP) is 2.93. The third-order valence-corrected chi connectivity index (χ3v) is 3.83. The van der Waals surface area contributed by atoms with Crippen molar-refractivity contribution in [1.82, 2.24) is 5.32 Å². The van der Waals surface area contributed by atoms with Crippen LogP contribution in [0, 0.1) is 17.1 Å². The Hall–Kier alpha value is -1.05. The Balaban J connectivity index is 2.56. The van der Waals surface area contributed by atoms with Crippen LogP contribution < -0.4 is 5.32 Å². The zero-order valence-electron chi connectivity index (χ0n) is 10.4. The molecule has 1 rings (SSSR count). The minimum absolute atomic E-state index is 0.105. The quantitative estimate of drug-likeness (QED) is 0.875. The smallest absolute Gasteiger partial charge is 0.140 e. The van der Waals surface area contributed by atoms with Crippen molar-refractivity contribution in [2.24, 2.45) is 0 Å². The summed E-state index contributed by atoms with van der Waals surface area (Å²) >= 11 is 1.80. The highest BCUT2D eigenvalue weighted by Crippen LogP contribution is 2.19. The number of halogens is 1. The van der Waals surface area contributed by atoms with E-state index in [1.807, 2.05) is 6.07 Å². The van der Waals surface area contributed by atoms with E-state index >= 15 is 0 Å². The molecule has 1 N–H and O–H groups in total. The van der Waals surface area contributed by atoms with Crippen LogP contribution in [0.2, 0.25) is 0 Å². The molecule has 92 valence electrons. The highest BCUT2D eigenvalue weighted by molar-refractivity contribution is 7.99. The molecule has 2 nitrogen and oxygen atoms in total. The maximum atomic E-state index is 13.1. The van der Waals surface area contributed by atoms with Crippen LogP contribution in [0.25, 0.3) is 0 Å². The van der Waals surface area contributed by atoms with Gasteiger partial charge in [-0.25, -0.2) is 4.39 Å². The number of nitriles is 1. The van der Waals surface area contributed by atoms with Crippen LogP contribution in [0.3, 0.4) is 0 Å². The molecule has 0 aromatic heterocycles. The number of rotatable bonds is 5. The molecule has 4 heteroatoms. The van der Waals surface area contributed by atoms with Crippen molar-refractivity contribution in [1.29, 1.82) is 5.26 Å². The lowest BCUT2D eigenvalue weighted by Crippen LogP contribution is -2.31. The van der Waals surface area contributed by atoms with Gasteiger partial charge in [-0.3, -0.25) is 0 Å². The predicted molar refractivity (Wildman–Crippen MR) is 70.4 cm³/mol.